The van der Waals surface area contributed by atoms with Gasteiger partial charge in [-0.05, 0) is 25.0 Å². The number of halogens is 3. The standard InChI is InChI=1S/C12H16F3NS/c1-3-9(16)11(12(13,14)15)17-10-7-5-4-6-8(10)2/h4-7,9,11H,3,16H2,1-2H3. The maximum absolute atomic E-state index is 12.9. The summed E-state index contributed by atoms with van der Waals surface area (Å²) in [6, 6.07) is 6.16. The average Bonchev–Trinajstić information content (AvgIpc) is 2.25. The topological polar surface area (TPSA) is 26.0 Å². The van der Waals surface area contributed by atoms with E-state index in [4.69, 9.17) is 5.73 Å². The fourth-order valence-electron chi connectivity index (χ4n) is 1.44. The highest BCUT2D eigenvalue weighted by atomic mass is 32.2. The SMILES string of the molecule is CCC(N)C(Sc1ccccc1C)C(F)(F)F. The van der Waals surface area contributed by atoms with Crippen LogP contribution in [0.15, 0.2) is 29.2 Å². The number of benzene rings is 1. The van der Waals surface area contributed by atoms with Gasteiger partial charge in [0.1, 0.15) is 5.25 Å². The number of alkyl halides is 3. The molecule has 1 nitrogen and oxygen atoms in total. The van der Waals surface area contributed by atoms with Crippen molar-refractivity contribution in [3.63, 3.8) is 0 Å². The van der Waals surface area contributed by atoms with Gasteiger partial charge in [-0.15, -0.1) is 11.8 Å². The van der Waals surface area contributed by atoms with Crippen LogP contribution in [0.5, 0.6) is 0 Å². The van der Waals surface area contributed by atoms with Gasteiger partial charge in [0.25, 0.3) is 0 Å². The van der Waals surface area contributed by atoms with Crippen molar-refractivity contribution >= 4 is 11.8 Å². The fourth-order valence-corrected chi connectivity index (χ4v) is 2.62. The number of thioether (sulfide) groups is 1. The van der Waals surface area contributed by atoms with E-state index in [0.29, 0.717) is 11.3 Å². The van der Waals surface area contributed by atoms with Crippen LogP contribution in [0.4, 0.5) is 13.2 Å². The first-order chi connectivity index (χ1) is 7.86. The lowest BCUT2D eigenvalue weighted by Crippen LogP contribution is -2.42. The molecule has 0 aromatic heterocycles. The summed E-state index contributed by atoms with van der Waals surface area (Å²) in [5.74, 6) is 0. The van der Waals surface area contributed by atoms with Crippen molar-refractivity contribution in [2.75, 3.05) is 0 Å². The Labute approximate surface area is 104 Å². The van der Waals surface area contributed by atoms with Crippen LogP contribution < -0.4 is 5.73 Å². The Hall–Kier alpha value is -0.680. The Bertz CT molecular complexity index is 365. The lowest BCUT2D eigenvalue weighted by atomic mass is 10.1. The van der Waals surface area contributed by atoms with Gasteiger partial charge >= 0.3 is 6.18 Å². The van der Waals surface area contributed by atoms with Crippen molar-refractivity contribution in [3.8, 4) is 0 Å². The van der Waals surface area contributed by atoms with Crippen molar-refractivity contribution in [2.24, 2.45) is 5.73 Å². The Morgan fingerprint density at radius 2 is 1.88 bits per heavy atom. The molecule has 0 aliphatic heterocycles. The van der Waals surface area contributed by atoms with Crippen LogP contribution in [0.1, 0.15) is 18.9 Å². The van der Waals surface area contributed by atoms with Crippen molar-refractivity contribution in [1.82, 2.24) is 0 Å². The molecule has 0 spiro atoms. The zero-order valence-corrected chi connectivity index (χ0v) is 10.6. The molecule has 0 fully saturated rings. The Balaban J connectivity index is 2.91. The molecule has 0 radical (unpaired) electrons. The molecule has 0 saturated heterocycles. The van der Waals surface area contributed by atoms with E-state index in [9.17, 15) is 13.2 Å². The molecule has 2 atom stereocenters. The van der Waals surface area contributed by atoms with Gasteiger partial charge in [0, 0.05) is 10.9 Å². The first kappa shape index (κ1) is 14.4. The number of hydrogen-bond donors (Lipinski definition) is 1. The highest BCUT2D eigenvalue weighted by Gasteiger charge is 2.43. The third-order valence-corrected chi connectivity index (χ3v) is 4.11. The number of rotatable bonds is 4. The van der Waals surface area contributed by atoms with E-state index in [-0.39, 0.29) is 0 Å². The monoisotopic (exact) mass is 263 g/mol. The summed E-state index contributed by atoms with van der Waals surface area (Å²) < 4.78 is 38.6. The van der Waals surface area contributed by atoms with Crippen molar-refractivity contribution < 1.29 is 13.2 Å². The fraction of sp³-hybridized carbons (Fsp3) is 0.500. The molecule has 0 bridgehead atoms. The Kier molecular flexibility index (Phi) is 4.89. The second-order valence-electron chi connectivity index (χ2n) is 3.92. The number of hydrogen-bond acceptors (Lipinski definition) is 2. The van der Waals surface area contributed by atoms with Crippen molar-refractivity contribution in [2.45, 2.75) is 42.6 Å². The molecule has 17 heavy (non-hydrogen) atoms. The molecule has 96 valence electrons. The summed E-state index contributed by atoms with van der Waals surface area (Å²) in [6.45, 7) is 3.47. The van der Waals surface area contributed by atoms with Gasteiger partial charge in [0.15, 0.2) is 0 Å². The third kappa shape index (κ3) is 3.92. The largest absolute Gasteiger partial charge is 0.402 e. The summed E-state index contributed by atoms with van der Waals surface area (Å²) in [7, 11) is 0. The van der Waals surface area contributed by atoms with E-state index in [0.717, 1.165) is 17.3 Å². The highest BCUT2D eigenvalue weighted by molar-refractivity contribution is 8.00. The number of nitrogens with two attached hydrogens (primary N) is 1. The maximum Gasteiger partial charge on any atom is 0.402 e. The zero-order chi connectivity index (χ0) is 13.1. The molecular formula is C12H16F3NS. The summed E-state index contributed by atoms with van der Waals surface area (Å²) in [6.07, 6.45) is -3.97. The van der Waals surface area contributed by atoms with Gasteiger partial charge in [-0.1, -0.05) is 25.1 Å². The van der Waals surface area contributed by atoms with Gasteiger partial charge in [-0.3, -0.25) is 0 Å². The zero-order valence-electron chi connectivity index (χ0n) is 9.79. The minimum Gasteiger partial charge on any atom is -0.326 e. The summed E-state index contributed by atoms with van der Waals surface area (Å²) in [5, 5.41) is -1.55. The van der Waals surface area contributed by atoms with Crippen molar-refractivity contribution in [1.29, 1.82) is 0 Å². The summed E-state index contributed by atoms with van der Waals surface area (Å²) in [4.78, 5) is 0.638. The van der Waals surface area contributed by atoms with Gasteiger partial charge in [0.2, 0.25) is 0 Å². The third-order valence-electron chi connectivity index (χ3n) is 2.53. The van der Waals surface area contributed by atoms with E-state index in [1.165, 1.54) is 0 Å². The van der Waals surface area contributed by atoms with Crippen LogP contribution in [0.3, 0.4) is 0 Å². The van der Waals surface area contributed by atoms with Gasteiger partial charge in [-0.25, -0.2) is 0 Å². The van der Waals surface area contributed by atoms with Crippen LogP contribution in [0.2, 0.25) is 0 Å². The minimum absolute atomic E-state index is 0.309. The lowest BCUT2D eigenvalue weighted by Gasteiger charge is -2.25. The van der Waals surface area contributed by atoms with Crippen LogP contribution in [-0.4, -0.2) is 17.5 Å². The highest BCUT2D eigenvalue weighted by Crippen LogP contribution is 2.38. The van der Waals surface area contributed by atoms with Crippen LogP contribution >= 0.6 is 11.8 Å². The van der Waals surface area contributed by atoms with E-state index in [1.807, 2.05) is 6.07 Å². The van der Waals surface area contributed by atoms with Crippen molar-refractivity contribution in [3.05, 3.63) is 29.8 Å². The molecule has 0 amide bonds. The average molecular weight is 263 g/mol. The molecular weight excluding hydrogens is 247 g/mol. The normalized spacial score (nSPS) is 15.6. The minimum atomic E-state index is -4.28. The predicted octanol–water partition coefficient (Wildman–Crippen LogP) is 3.76. The Morgan fingerprint density at radius 1 is 1.29 bits per heavy atom. The second kappa shape index (κ2) is 5.78. The molecule has 1 aromatic rings. The summed E-state index contributed by atoms with van der Waals surface area (Å²) >= 11 is 0.805. The lowest BCUT2D eigenvalue weighted by molar-refractivity contribution is -0.132. The van der Waals surface area contributed by atoms with Gasteiger partial charge < -0.3 is 5.73 Å². The van der Waals surface area contributed by atoms with Crippen LogP contribution in [-0.2, 0) is 0 Å². The number of aryl methyl sites for hydroxylation is 1. The molecule has 1 rings (SSSR count). The van der Waals surface area contributed by atoms with Crippen LogP contribution in [0.25, 0.3) is 0 Å². The molecule has 0 heterocycles. The van der Waals surface area contributed by atoms with E-state index in [2.05, 4.69) is 0 Å². The Morgan fingerprint density at radius 3 is 2.35 bits per heavy atom. The van der Waals surface area contributed by atoms with Gasteiger partial charge in [0.05, 0.1) is 0 Å². The second-order valence-corrected chi connectivity index (χ2v) is 5.10. The van der Waals surface area contributed by atoms with E-state index >= 15 is 0 Å². The van der Waals surface area contributed by atoms with E-state index < -0.39 is 17.5 Å². The first-order valence-electron chi connectivity index (χ1n) is 5.40. The molecule has 5 heteroatoms. The first-order valence-corrected chi connectivity index (χ1v) is 6.28. The molecule has 0 aliphatic rings. The molecule has 0 saturated carbocycles. The maximum atomic E-state index is 12.9. The molecule has 1 aromatic carbocycles. The molecule has 2 unspecified atom stereocenters. The molecule has 0 aliphatic carbocycles. The van der Waals surface area contributed by atoms with Crippen LogP contribution in [0, 0.1) is 6.92 Å². The van der Waals surface area contributed by atoms with E-state index in [1.54, 1.807) is 32.0 Å². The summed E-state index contributed by atoms with van der Waals surface area (Å²) in [5.41, 5.74) is 6.40. The molecule has 2 N–H and O–H groups in total. The smallest absolute Gasteiger partial charge is 0.326 e. The predicted molar refractivity (Wildman–Crippen MR) is 65.1 cm³/mol. The quantitative estimate of drug-likeness (QED) is 0.837. The van der Waals surface area contributed by atoms with Gasteiger partial charge in [-0.2, -0.15) is 13.2 Å².